The summed E-state index contributed by atoms with van der Waals surface area (Å²) < 4.78 is 31.5. The molecule has 3 aromatic carbocycles. The third-order valence-electron chi connectivity index (χ3n) is 7.26. The highest BCUT2D eigenvalue weighted by Gasteiger charge is 2.30. The molecule has 2 N–H and O–H groups in total. The van der Waals surface area contributed by atoms with Crippen LogP contribution in [0.15, 0.2) is 88.1 Å². The van der Waals surface area contributed by atoms with Gasteiger partial charge in [0.15, 0.2) is 11.2 Å². The van der Waals surface area contributed by atoms with Gasteiger partial charge in [0.25, 0.3) is 5.91 Å². The van der Waals surface area contributed by atoms with Crippen LogP contribution in [0.1, 0.15) is 21.7 Å². The number of nitrogens with one attached hydrogen (secondary N) is 2. The van der Waals surface area contributed by atoms with Gasteiger partial charge in [-0.25, -0.2) is 13.1 Å². The van der Waals surface area contributed by atoms with Crippen molar-refractivity contribution >= 4 is 50.1 Å². The lowest BCUT2D eigenvalue weighted by atomic mass is 10.0. The lowest BCUT2D eigenvalue weighted by Crippen LogP contribution is -2.55. The van der Waals surface area contributed by atoms with Crippen LogP contribution in [0.3, 0.4) is 0 Å². The molecular weight excluding hydrogens is 592 g/mol. The van der Waals surface area contributed by atoms with Crippen LogP contribution in [-0.2, 0) is 27.8 Å². The number of amides is 2. The quantitative estimate of drug-likeness (QED) is 0.293. The number of rotatable bonds is 9. The Morgan fingerprint density at radius 3 is 2.35 bits per heavy atom. The Morgan fingerprint density at radius 2 is 1.63 bits per heavy atom. The van der Waals surface area contributed by atoms with E-state index in [0.717, 1.165) is 29.1 Å². The molecule has 2 amide bonds. The highest BCUT2D eigenvalue weighted by atomic mass is 35.5. The van der Waals surface area contributed by atoms with E-state index in [9.17, 15) is 22.8 Å². The van der Waals surface area contributed by atoms with E-state index >= 15 is 0 Å². The van der Waals surface area contributed by atoms with Gasteiger partial charge in [-0.05, 0) is 41.5 Å². The minimum absolute atomic E-state index is 0.161. The number of sulfonamides is 1. The van der Waals surface area contributed by atoms with Crippen molar-refractivity contribution in [2.24, 2.45) is 0 Å². The molecule has 1 atom stereocenters. The zero-order chi connectivity index (χ0) is 30.6. The summed E-state index contributed by atoms with van der Waals surface area (Å²) in [5.41, 5.74) is 2.45. The van der Waals surface area contributed by atoms with Gasteiger partial charge in [0, 0.05) is 55.9 Å². The maximum Gasteiger partial charge on any atom is 0.287 e. The summed E-state index contributed by atoms with van der Waals surface area (Å²) in [4.78, 5) is 43.5. The first-order valence-corrected chi connectivity index (χ1v) is 16.0. The van der Waals surface area contributed by atoms with Crippen LogP contribution in [0.25, 0.3) is 11.0 Å². The third-order valence-corrected chi connectivity index (χ3v) is 8.18. The molecule has 1 aliphatic rings. The standard InChI is InChI=1S/C31H31ClN4O6S/c1-43(40,41)33-20-22-6-2-4-8-26(22)35-14-16-36(17-15-35)31(39)25(18-21-10-12-23(32)13-11-21)34-30(38)29-19-27(37)24-7-3-5-9-28(24)42-29/h2-13,19,25,33H,14-18,20H2,1H3,(H,34,38)/t25-/m1/s1. The molecule has 1 aliphatic heterocycles. The molecule has 4 aromatic rings. The van der Waals surface area contributed by atoms with Crippen LogP contribution >= 0.6 is 11.6 Å². The minimum atomic E-state index is -3.36. The summed E-state index contributed by atoms with van der Waals surface area (Å²) in [5, 5.41) is 3.71. The highest BCUT2D eigenvalue weighted by molar-refractivity contribution is 7.88. The van der Waals surface area contributed by atoms with Crippen LogP contribution in [-0.4, -0.2) is 63.6 Å². The molecule has 1 aromatic heterocycles. The molecule has 5 rings (SSSR count). The van der Waals surface area contributed by atoms with Crippen LogP contribution in [0, 0.1) is 0 Å². The summed E-state index contributed by atoms with van der Waals surface area (Å²) in [6.45, 7) is 1.98. The number of hydrogen-bond donors (Lipinski definition) is 2. The highest BCUT2D eigenvalue weighted by Crippen LogP contribution is 2.23. The van der Waals surface area contributed by atoms with Gasteiger partial charge in [-0.2, -0.15) is 0 Å². The lowest BCUT2D eigenvalue weighted by Gasteiger charge is -2.38. The van der Waals surface area contributed by atoms with E-state index < -0.39 is 22.0 Å². The molecule has 1 fully saturated rings. The summed E-state index contributed by atoms with van der Waals surface area (Å²) >= 11 is 6.05. The fourth-order valence-corrected chi connectivity index (χ4v) is 5.61. The monoisotopic (exact) mass is 622 g/mol. The van der Waals surface area contributed by atoms with E-state index in [1.54, 1.807) is 53.4 Å². The SMILES string of the molecule is CS(=O)(=O)NCc1ccccc1N1CCN(C(=O)[C@@H](Cc2ccc(Cl)cc2)NC(=O)c2cc(=O)c3ccccc3o2)CC1. The first kappa shape index (κ1) is 30.3. The molecular formula is C31H31ClN4O6S. The Kier molecular flexibility index (Phi) is 9.14. The number of carbonyl (C=O) groups excluding carboxylic acids is 2. The smallest absolute Gasteiger partial charge is 0.287 e. The van der Waals surface area contributed by atoms with E-state index in [2.05, 4.69) is 14.9 Å². The number of fused-ring (bicyclic) bond motifs is 1. The van der Waals surface area contributed by atoms with Gasteiger partial charge in [0.1, 0.15) is 11.6 Å². The molecule has 0 spiro atoms. The maximum atomic E-state index is 13.8. The van der Waals surface area contributed by atoms with E-state index in [1.807, 2.05) is 24.3 Å². The molecule has 0 radical (unpaired) electrons. The van der Waals surface area contributed by atoms with Gasteiger partial charge < -0.3 is 19.5 Å². The zero-order valence-corrected chi connectivity index (χ0v) is 25.0. The molecule has 10 nitrogen and oxygen atoms in total. The Balaban J connectivity index is 1.32. The maximum absolute atomic E-state index is 13.8. The van der Waals surface area contributed by atoms with Crippen LogP contribution in [0.2, 0.25) is 5.02 Å². The topological polar surface area (TPSA) is 129 Å². The summed E-state index contributed by atoms with van der Waals surface area (Å²) in [5.74, 6) is -1.11. The van der Waals surface area contributed by atoms with Crippen molar-refractivity contribution in [3.63, 3.8) is 0 Å². The number of anilines is 1. The van der Waals surface area contributed by atoms with Crippen molar-refractivity contribution in [3.8, 4) is 0 Å². The van der Waals surface area contributed by atoms with Gasteiger partial charge in [-0.15, -0.1) is 0 Å². The fraction of sp³-hybridized carbons (Fsp3) is 0.258. The second kappa shape index (κ2) is 13.0. The van der Waals surface area contributed by atoms with Gasteiger partial charge in [-0.3, -0.25) is 14.4 Å². The van der Waals surface area contributed by atoms with Crippen molar-refractivity contribution in [2.75, 3.05) is 37.3 Å². The van der Waals surface area contributed by atoms with Gasteiger partial charge in [0.05, 0.1) is 11.6 Å². The van der Waals surface area contributed by atoms with Crippen LogP contribution < -0.4 is 20.4 Å². The predicted molar refractivity (Wildman–Crippen MR) is 166 cm³/mol. The van der Waals surface area contributed by atoms with Crippen molar-refractivity contribution in [1.29, 1.82) is 0 Å². The average Bonchev–Trinajstić information content (AvgIpc) is 3.00. The average molecular weight is 623 g/mol. The summed E-state index contributed by atoms with van der Waals surface area (Å²) in [6.07, 6.45) is 1.33. The Labute approximate surface area is 254 Å². The summed E-state index contributed by atoms with van der Waals surface area (Å²) in [7, 11) is -3.36. The third kappa shape index (κ3) is 7.61. The second-order valence-electron chi connectivity index (χ2n) is 10.4. The van der Waals surface area contributed by atoms with E-state index in [4.69, 9.17) is 16.0 Å². The number of halogens is 1. The number of para-hydroxylation sites is 2. The van der Waals surface area contributed by atoms with E-state index in [0.29, 0.717) is 36.6 Å². The van der Waals surface area contributed by atoms with Gasteiger partial charge in [0.2, 0.25) is 15.9 Å². The number of nitrogens with zero attached hydrogens (tertiary/aromatic N) is 2. The van der Waals surface area contributed by atoms with Gasteiger partial charge in [-0.1, -0.05) is 54.1 Å². The molecule has 0 aliphatic carbocycles. The van der Waals surface area contributed by atoms with Crippen LogP contribution in [0.5, 0.6) is 0 Å². The Bertz CT molecular complexity index is 1800. The molecule has 0 unspecified atom stereocenters. The minimum Gasteiger partial charge on any atom is -0.451 e. The fourth-order valence-electron chi connectivity index (χ4n) is 5.07. The van der Waals surface area contributed by atoms with Gasteiger partial charge >= 0.3 is 0 Å². The van der Waals surface area contributed by atoms with Crippen molar-refractivity contribution < 1.29 is 22.4 Å². The van der Waals surface area contributed by atoms with Crippen molar-refractivity contribution in [1.82, 2.24) is 14.9 Å². The number of piperazine rings is 1. The first-order valence-electron chi connectivity index (χ1n) is 13.7. The van der Waals surface area contributed by atoms with Crippen molar-refractivity contribution in [2.45, 2.75) is 19.0 Å². The van der Waals surface area contributed by atoms with Crippen LogP contribution in [0.4, 0.5) is 5.69 Å². The Hall–Kier alpha value is -4.19. The molecule has 224 valence electrons. The predicted octanol–water partition coefficient (Wildman–Crippen LogP) is 3.19. The molecule has 2 heterocycles. The number of hydrogen-bond acceptors (Lipinski definition) is 7. The molecule has 12 heteroatoms. The zero-order valence-electron chi connectivity index (χ0n) is 23.5. The molecule has 43 heavy (non-hydrogen) atoms. The lowest BCUT2D eigenvalue weighted by molar-refractivity contribution is -0.133. The molecule has 0 bridgehead atoms. The molecule has 1 saturated heterocycles. The number of benzene rings is 3. The van der Waals surface area contributed by atoms with Crippen molar-refractivity contribution in [3.05, 3.63) is 111 Å². The summed E-state index contributed by atoms with van der Waals surface area (Å²) in [6, 6.07) is 21.4. The number of carbonyl (C=O) groups is 2. The van der Waals surface area contributed by atoms with E-state index in [-0.39, 0.29) is 35.6 Å². The normalized spacial score (nSPS) is 14.5. The first-order chi connectivity index (χ1) is 20.6. The largest absolute Gasteiger partial charge is 0.451 e. The molecule has 0 saturated carbocycles. The van der Waals surface area contributed by atoms with E-state index in [1.165, 1.54) is 0 Å². The second-order valence-corrected chi connectivity index (χ2v) is 12.6. The Morgan fingerprint density at radius 1 is 0.953 bits per heavy atom.